The van der Waals surface area contributed by atoms with Crippen LogP contribution in [-0.2, 0) is 6.61 Å². The monoisotopic (exact) mass is 290 g/mol. The van der Waals surface area contributed by atoms with Crippen molar-refractivity contribution in [1.82, 2.24) is 0 Å². The van der Waals surface area contributed by atoms with E-state index in [1.165, 1.54) is 8.93 Å². The first kappa shape index (κ1) is 9.90. The number of aliphatic hydroxyl groups is 1. The fraction of sp³-hybridized carbons (Fsp3) is 0.111. The molecular formula is C9H7IOS. The number of hydrogen-bond acceptors (Lipinski definition) is 2. The van der Waals surface area contributed by atoms with Crippen molar-refractivity contribution in [1.29, 1.82) is 0 Å². The Hall–Kier alpha value is -0.180. The van der Waals surface area contributed by atoms with Gasteiger partial charge < -0.3 is 5.11 Å². The smallest absolute Gasteiger partial charge is 0.0681 e. The molecular weight excluding hydrogens is 283 g/mol. The van der Waals surface area contributed by atoms with E-state index >= 15 is 0 Å². The van der Waals surface area contributed by atoms with E-state index in [0.29, 0.717) is 0 Å². The third-order valence-corrected chi connectivity index (χ3v) is 2.21. The van der Waals surface area contributed by atoms with Crippen LogP contribution in [0.25, 0.3) is 0 Å². The van der Waals surface area contributed by atoms with E-state index in [4.69, 9.17) is 5.11 Å². The fourth-order valence-electron chi connectivity index (χ4n) is 0.772. The number of rotatable bonds is 1. The van der Waals surface area contributed by atoms with Crippen molar-refractivity contribution in [2.75, 3.05) is 0 Å². The SMILES string of the molecule is OCc1ccc(C#CSI)cc1. The molecule has 0 aromatic heterocycles. The topological polar surface area (TPSA) is 20.2 Å². The van der Waals surface area contributed by atoms with E-state index in [9.17, 15) is 0 Å². The van der Waals surface area contributed by atoms with Gasteiger partial charge in [0.05, 0.1) is 6.61 Å². The predicted octanol–water partition coefficient (Wildman–Crippen LogP) is 2.57. The van der Waals surface area contributed by atoms with Crippen LogP contribution in [0.4, 0.5) is 0 Å². The van der Waals surface area contributed by atoms with E-state index in [-0.39, 0.29) is 6.61 Å². The Morgan fingerprint density at radius 1 is 1.33 bits per heavy atom. The number of aliphatic hydroxyl groups excluding tert-OH is 1. The Morgan fingerprint density at radius 3 is 2.50 bits per heavy atom. The molecule has 0 atom stereocenters. The first-order chi connectivity index (χ1) is 5.86. The van der Waals surface area contributed by atoms with Crippen molar-refractivity contribution in [2.45, 2.75) is 6.61 Å². The van der Waals surface area contributed by atoms with Crippen molar-refractivity contribution in [3.05, 3.63) is 35.4 Å². The molecule has 0 saturated heterocycles. The average molecular weight is 290 g/mol. The van der Waals surface area contributed by atoms with Gasteiger partial charge in [-0.15, -0.1) is 0 Å². The molecule has 0 spiro atoms. The molecule has 0 heterocycles. The summed E-state index contributed by atoms with van der Waals surface area (Å²) in [6.07, 6.45) is 0. The van der Waals surface area contributed by atoms with Gasteiger partial charge in [-0.05, 0) is 31.9 Å². The molecule has 1 N–H and O–H groups in total. The Balaban J connectivity index is 2.78. The lowest BCUT2D eigenvalue weighted by molar-refractivity contribution is 0.282. The number of benzene rings is 1. The molecule has 1 nitrogen and oxygen atoms in total. The summed E-state index contributed by atoms with van der Waals surface area (Å²) in [5, 5.41) is 11.7. The van der Waals surface area contributed by atoms with Gasteiger partial charge in [-0.25, -0.2) is 0 Å². The van der Waals surface area contributed by atoms with Crippen molar-refractivity contribution in [3.8, 4) is 11.2 Å². The van der Waals surface area contributed by atoms with Gasteiger partial charge in [-0.1, -0.05) is 18.1 Å². The molecule has 12 heavy (non-hydrogen) atoms. The average Bonchev–Trinajstić information content (AvgIpc) is 2.15. The lowest BCUT2D eigenvalue weighted by Crippen LogP contribution is -1.81. The molecule has 0 fully saturated rings. The molecule has 1 rings (SSSR count). The number of hydrogen-bond donors (Lipinski definition) is 1. The Labute approximate surface area is 88.2 Å². The first-order valence-corrected chi connectivity index (χ1v) is 6.71. The van der Waals surface area contributed by atoms with Crippen LogP contribution in [0.15, 0.2) is 24.3 Å². The van der Waals surface area contributed by atoms with Crippen LogP contribution in [-0.4, -0.2) is 5.11 Å². The van der Waals surface area contributed by atoms with Gasteiger partial charge >= 0.3 is 0 Å². The molecule has 62 valence electrons. The van der Waals surface area contributed by atoms with Crippen LogP contribution in [0.1, 0.15) is 11.1 Å². The molecule has 0 saturated carbocycles. The maximum absolute atomic E-state index is 8.76. The summed E-state index contributed by atoms with van der Waals surface area (Å²) in [5.41, 5.74) is 1.90. The standard InChI is InChI=1S/C9H7IOS/c10-12-6-5-8-1-3-9(7-11)4-2-8/h1-4,11H,7H2. The van der Waals surface area contributed by atoms with Crippen LogP contribution >= 0.6 is 30.1 Å². The third kappa shape index (κ3) is 3.05. The predicted molar refractivity (Wildman–Crippen MR) is 60.9 cm³/mol. The normalized spacial score (nSPS) is 8.83. The molecule has 0 bridgehead atoms. The van der Waals surface area contributed by atoms with Crippen molar-refractivity contribution >= 4 is 30.1 Å². The lowest BCUT2D eigenvalue weighted by atomic mass is 10.1. The molecule has 0 aliphatic carbocycles. The maximum atomic E-state index is 8.76. The minimum absolute atomic E-state index is 0.0920. The van der Waals surface area contributed by atoms with Crippen LogP contribution in [0, 0.1) is 11.2 Å². The lowest BCUT2D eigenvalue weighted by Gasteiger charge is -1.93. The summed E-state index contributed by atoms with van der Waals surface area (Å²) >= 11 is 2.13. The van der Waals surface area contributed by atoms with Crippen molar-refractivity contribution < 1.29 is 5.11 Å². The summed E-state index contributed by atoms with van der Waals surface area (Å²) in [6.45, 7) is 0.0920. The highest BCUT2D eigenvalue weighted by Crippen LogP contribution is 2.08. The molecule has 3 heteroatoms. The first-order valence-electron chi connectivity index (χ1n) is 3.35. The maximum Gasteiger partial charge on any atom is 0.0681 e. The summed E-state index contributed by atoms with van der Waals surface area (Å²) in [5.74, 6) is 2.97. The zero-order valence-corrected chi connectivity index (χ0v) is 9.22. The summed E-state index contributed by atoms with van der Waals surface area (Å²) in [4.78, 5) is 0. The molecule has 1 aromatic rings. The minimum Gasteiger partial charge on any atom is -0.392 e. The third-order valence-electron chi connectivity index (χ3n) is 1.37. The highest BCUT2D eigenvalue weighted by atomic mass is 127. The highest BCUT2D eigenvalue weighted by Gasteiger charge is 1.88. The van der Waals surface area contributed by atoms with Gasteiger partial charge in [0, 0.05) is 26.8 Å². The Kier molecular flexibility index (Phi) is 4.51. The van der Waals surface area contributed by atoms with E-state index in [1.807, 2.05) is 24.3 Å². The largest absolute Gasteiger partial charge is 0.392 e. The van der Waals surface area contributed by atoms with E-state index in [2.05, 4.69) is 32.4 Å². The van der Waals surface area contributed by atoms with E-state index < -0.39 is 0 Å². The molecule has 1 aromatic carbocycles. The van der Waals surface area contributed by atoms with Gasteiger partial charge in [-0.3, -0.25) is 0 Å². The Bertz CT molecular complexity index is 297. The zero-order chi connectivity index (χ0) is 8.81. The molecule has 0 amide bonds. The second-order valence-corrected chi connectivity index (χ2v) is 3.84. The fourth-order valence-corrected chi connectivity index (χ4v) is 1.26. The van der Waals surface area contributed by atoms with Gasteiger partial charge in [0.2, 0.25) is 0 Å². The number of halogens is 1. The minimum atomic E-state index is 0.0920. The highest BCUT2D eigenvalue weighted by molar-refractivity contribution is 14.2. The van der Waals surface area contributed by atoms with Crippen LogP contribution < -0.4 is 0 Å². The van der Waals surface area contributed by atoms with Gasteiger partial charge in [0.25, 0.3) is 0 Å². The van der Waals surface area contributed by atoms with Gasteiger partial charge in [-0.2, -0.15) is 0 Å². The molecule has 0 unspecified atom stereocenters. The molecule has 0 radical (unpaired) electrons. The quantitative estimate of drug-likeness (QED) is 0.633. The second-order valence-electron chi connectivity index (χ2n) is 2.16. The van der Waals surface area contributed by atoms with Crippen molar-refractivity contribution in [3.63, 3.8) is 0 Å². The molecule has 0 aliphatic heterocycles. The zero-order valence-electron chi connectivity index (χ0n) is 6.25. The Morgan fingerprint density at radius 2 is 2.00 bits per heavy atom. The van der Waals surface area contributed by atoms with Gasteiger partial charge in [0.1, 0.15) is 0 Å². The van der Waals surface area contributed by atoms with Crippen LogP contribution in [0.3, 0.4) is 0 Å². The van der Waals surface area contributed by atoms with Crippen LogP contribution in [0.5, 0.6) is 0 Å². The summed E-state index contributed by atoms with van der Waals surface area (Å²) in [7, 11) is 1.47. The summed E-state index contributed by atoms with van der Waals surface area (Å²) < 4.78 is 0. The summed E-state index contributed by atoms with van der Waals surface area (Å²) in [6, 6.07) is 7.57. The second kappa shape index (κ2) is 5.46. The van der Waals surface area contributed by atoms with E-state index in [1.54, 1.807) is 0 Å². The molecule has 0 aliphatic rings. The van der Waals surface area contributed by atoms with Crippen molar-refractivity contribution in [2.24, 2.45) is 0 Å². The van der Waals surface area contributed by atoms with Gasteiger partial charge in [0.15, 0.2) is 0 Å². The van der Waals surface area contributed by atoms with Crippen LogP contribution in [0.2, 0.25) is 0 Å². The van der Waals surface area contributed by atoms with E-state index in [0.717, 1.165) is 11.1 Å².